The van der Waals surface area contributed by atoms with Gasteiger partial charge in [-0.15, -0.1) is 11.3 Å². The van der Waals surface area contributed by atoms with Gasteiger partial charge in [-0.2, -0.15) is 0 Å². The van der Waals surface area contributed by atoms with Gasteiger partial charge in [0.15, 0.2) is 15.6 Å². The van der Waals surface area contributed by atoms with Crippen molar-refractivity contribution in [3.63, 3.8) is 0 Å². The molecule has 1 aromatic rings. The van der Waals surface area contributed by atoms with E-state index in [2.05, 4.69) is 0 Å². The first-order chi connectivity index (χ1) is 8.87. The van der Waals surface area contributed by atoms with Gasteiger partial charge in [0.1, 0.15) is 5.75 Å². The molecule has 1 saturated heterocycles. The normalized spacial score (nSPS) is 19.8. The van der Waals surface area contributed by atoms with Crippen LogP contribution in [0.1, 0.15) is 33.0 Å². The molecule has 0 aliphatic carbocycles. The van der Waals surface area contributed by atoms with Gasteiger partial charge in [0.25, 0.3) is 0 Å². The monoisotopic (exact) mass is 302 g/mol. The summed E-state index contributed by atoms with van der Waals surface area (Å²) in [6.07, 6.45) is 1.43. The molecule has 4 nitrogen and oxygen atoms in total. The predicted molar refractivity (Wildman–Crippen MR) is 75.8 cm³/mol. The van der Waals surface area contributed by atoms with Crippen molar-refractivity contribution >= 4 is 27.0 Å². The lowest BCUT2D eigenvalue weighted by Crippen LogP contribution is -2.26. The van der Waals surface area contributed by atoms with Gasteiger partial charge in [-0.3, -0.25) is 4.79 Å². The molecule has 0 radical (unpaired) electrons. The maximum Gasteiger partial charge on any atom is 0.178 e. The van der Waals surface area contributed by atoms with Gasteiger partial charge in [-0.1, -0.05) is 0 Å². The van der Waals surface area contributed by atoms with Crippen LogP contribution < -0.4 is 0 Å². The molecule has 0 N–H and O–H groups in total. The number of thiophene rings is 1. The van der Waals surface area contributed by atoms with Crippen molar-refractivity contribution < 1.29 is 17.9 Å². The van der Waals surface area contributed by atoms with Crippen LogP contribution in [0.5, 0.6) is 0 Å². The fourth-order valence-corrected chi connectivity index (χ4v) is 4.75. The second kappa shape index (κ2) is 5.73. The number of sulfone groups is 1. The molecule has 2 rings (SSSR count). The minimum absolute atomic E-state index is 0.0408. The van der Waals surface area contributed by atoms with E-state index in [4.69, 9.17) is 4.74 Å². The second-order valence-corrected chi connectivity index (χ2v) is 8.51. The van der Waals surface area contributed by atoms with E-state index >= 15 is 0 Å². The molecule has 1 atom stereocenters. The SMILES string of the molecule is Cc1cc(C(=O)CS(=O)(=O)CC2CCCO2)c(C)s1. The van der Waals surface area contributed by atoms with Crippen molar-refractivity contribution in [2.45, 2.75) is 32.8 Å². The zero-order valence-electron chi connectivity index (χ0n) is 11.1. The summed E-state index contributed by atoms with van der Waals surface area (Å²) in [6, 6.07) is 1.77. The van der Waals surface area contributed by atoms with Crippen molar-refractivity contribution in [2.75, 3.05) is 18.1 Å². The van der Waals surface area contributed by atoms with E-state index < -0.39 is 15.6 Å². The van der Waals surface area contributed by atoms with Crippen molar-refractivity contribution in [3.8, 4) is 0 Å². The fourth-order valence-electron chi connectivity index (χ4n) is 2.30. The zero-order valence-corrected chi connectivity index (χ0v) is 12.8. The van der Waals surface area contributed by atoms with Crippen LogP contribution in [0.25, 0.3) is 0 Å². The fraction of sp³-hybridized carbons (Fsp3) is 0.615. The summed E-state index contributed by atoms with van der Waals surface area (Å²) in [5, 5.41) is 0. The van der Waals surface area contributed by atoms with Crippen LogP contribution in [0.2, 0.25) is 0 Å². The number of carbonyl (C=O) groups is 1. The summed E-state index contributed by atoms with van der Waals surface area (Å²) in [7, 11) is -3.39. The van der Waals surface area contributed by atoms with E-state index in [1.807, 2.05) is 13.8 Å². The number of hydrogen-bond donors (Lipinski definition) is 0. The topological polar surface area (TPSA) is 60.4 Å². The van der Waals surface area contributed by atoms with Gasteiger partial charge in [-0.25, -0.2) is 8.42 Å². The summed E-state index contributed by atoms with van der Waals surface area (Å²) in [5.41, 5.74) is 0.540. The Labute approximate surface area is 117 Å². The highest BCUT2D eigenvalue weighted by molar-refractivity contribution is 7.92. The van der Waals surface area contributed by atoms with Crippen LogP contribution in [-0.2, 0) is 14.6 Å². The third kappa shape index (κ3) is 3.87. The predicted octanol–water partition coefficient (Wildman–Crippen LogP) is 2.14. The Morgan fingerprint density at radius 2 is 2.21 bits per heavy atom. The van der Waals surface area contributed by atoms with Gasteiger partial charge >= 0.3 is 0 Å². The van der Waals surface area contributed by atoms with E-state index in [9.17, 15) is 13.2 Å². The Morgan fingerprint density at radius 3 is 2.74 bits per heavy atom. The van der Waals surface area contributed by atoms with E-state index in [1.165, 1.54) is 11.3 Å². The molecule has 1 unspecified atom stereocenters. The molecule has 6 heteroatoms. The third-order valence-electron chi connectivity index (χ3n) is 3.16. The molecule has 0 saturated carbocycles. The first-order valence-corrected chi connectivity index (χ1v) is 8.93. The molecule has 1 fully saturated rings. The number of aryl methyl sites for hydroxylation is 2. The first-order valence-electron chi connectivity index (χ1n) is 6.29. The molecule has 2 heterocycles. The standard InChI is InChI=1S/C13H18O4S2/c1-9-6-12(10(2)18-9)13(14)8-19(15,16)7-11-4-3-5-17-11/h6,11H,3-5,7-8H2,1-2H3. The van der Waals surface area contributed by atoms with Crippen LogP contribution in [0.15, 0.2) is 6.07 Å². The van der Waals surface area contributed by atoms with Crippen molar-refractivity contribution in [2.24, 2.45) is 0 Å². The molecule has 0 spiro atoms. The minimum Gasteiger partial charge on any atom is -0.377 e. The summed E-state index contributed by atoms with van der Waals surface area (Å²) in [6.45, 7) is 4.38. The average molecular weight is 302 g/mol. The van der Waals surface area contributed by atoms with Gasteiger partial charge in [0.05, 0.1) is 11.9 Å². The lowest BCUT2D eigenvalue weighted by Gasteiger charge is -2.09. The summed E-state index contributed by atoms with van der Waals surface area (Å²) >= 11 is 1.52. The smallest absolute Gasteiger partial charge is 0.178 e. The third-order valence-corrected chi connectivity index (χ3v) is 5.70. The van der Waals surface area contributed by atoms with E-state index in [1.54, 1.807) is 6.07 Å². The van der Waals surface area contributed by atoms with Crippen molar-refractivity contribution in [1.29, 1.82) is 0 Å². The molecular formula is C13H18O4S2. The number of rotatable bonds is 5. The number of ether oxygens (including phenoxy) is 1. The average Bonchev–Trinajstić information content (AvgIpc) is 2.86. The number of ketones is 1. The van der Waals surface area contributed by atoms with Crippen LogP contribution in [-0.4, -0.2) is 38.4 Å². The molecular weight excluding hydrogens is 284 g/mol. The van der Waals surface area contributed by atoms with Crippen LogP contribution in [0.4, 0.5) is 0 Å². The summed E-state index contributed by atoms with van der Waals surface area (Å²) < 4.78 is 29.3. The summed E-state index contributed by atoms with van der Waals surface area (Å²) in [5.74, 6) is -0.759. The quantitative estimate of drug-likeness (QED) is 0.782. The number of carbonyl (C=O) groups excluding carboxylic acids is 1. The lowest BCUT2D eigenvalue weighted by molar-refractivity contribution is 0.102. The minimum atomic E-state index is -3.39. The maximum atomic E-state index is 12.1. The van der Waals surface area contributed by atoms with Crippen LogP contribution >= 0.6 is 11.3 Å². The van der Waals surface area contributed by atoms with E-state index in [0.29, 0.717) is 12.2 Å². The Hall–Kier alpha value is -0.720. The highest BCUT2D eigenvalue weighted by Gasteiger charge is 2.26. The highest BCUT2D eigenvalue weighted by Crippen LogP contribution is 2.22. The van der Waals surface area contributed by atoms with E-state index in [-0.39, 0.29) is 17.6 Å². The van der Waals surface area contributed by atoms with Gasteiger partial charge in [-0.05, 0) is 32.8 Å². The molecule has 1 aromatic heterocycles. The number of hydrogen-bond acceptors (Lipinski definition) is 5. The molecule has 0 bridgehead atoms. The van der Waals surface area contributed by atoms with Gasteiger partial charge in [0, 0.05) is 21.9 Å². The Bertz CT molecular complexity index is 565. The van der Waals surface area contributed by atoms with Crippen LogP contribution in [0, 0.1) is 13.8 Å². The molecule has 1 aliphatic heterocycles. The molecule has 1 aliphatic rings. The maximum absolute atomic E-state index is 12.1. The van der Waals surface area contributed by atoms with E-state index in [0.717, 1.165) is 22.6 Å². The molecule has 106 valence electrons. The second-order valence-electron chi connectivity index (χ2n) is 4.94. The number of Topliss-reactive ketones (excluding diaryl/α,β-unsaturated/α-hetero) is 1. The lowest BCUT2D eigenvalue weighted by atomic mass is 10.2. The van der Waals surface area contributed by atoms with Crippen molar-refractivity contribution in [1.82, 2.24) is 0 Å². The largest absolute Gasteiger partial charge is 0.377 e. The van der Waals surface area contributed by atoms with Crippen LogP contribution in [0.3, 0.4) is 0 Å². The Morgan fingerprint density at radius 1 is 1.47 bits per heavy atom. The first kappa shape index (κ1) is 14.7. The molecule has 0 amide bonds. The summed E-state index contributed by atoms with van der Waals surface area (Å²) in [4.78, 5) is 14.0. The highest BCUT2D eigenvalue weighted by atomic mass is 32.2. The van der Waals surface area contributed by atoms with Crippen molar-refractivity contribution in [3.05, 3.63) is 21.4 Å². The Kier molecular flexibility index (Phi) is 4.43. The molecule has 0 aromatic carbocycles. The molecule has 19 heavy (non-hydrogen) atoms. The zero-order chi connectivity index (χ0) is 14.0. The van der Waals surface area contributed by atoms with Gasteiger partial charge < -0.3 is 4.74 Å². The van der Waals surface area contributed by atoms with Gasteiger partial charge in [0.2, 0.25) is 0 Å². The Balaban J connectivity index is 2.03.